The van der Waals surface area contributed by atoms with Crippen molar-refractivity contribution in [2.45, 2.75) is 19.4 Å². The van der Waals surface area contributed by atoms with Crippen molar-refractivity contribution in [3.63, 3.8) is 0 Å². The van der Waals surface area contributed by atoms with Crippen LogP contribution in [0.3, 0.4) is 0 Å². The van der Waals surface area contributed by atoms with E-state index in [4.69, 9.17) is 11.6 Å². The van der Waals surface area contributed by atoms with E-state index in [1.54, 1.807) is 18.3 Å². The molecule has 22 heavy (non-hydrogen) atoms. The molecule has 1 aromatic heterocycles. The van der Waals surface area contributed by atoms with E-state index in [1.165, 1.54) is 0 Å². The number of benzene rings is 1. The van der Waals surface area contributed by atoms with E-state index in [0.29, 0.717) is 23.2 Å². The summed E-state index contributed by atoms with van der Waals surface area (Å²) < 4.78 is 0. The summed E-state index contributed by atoms with van der Waals surface area (Å²) >= 11 is 6.08. The number of carbonyl (C=O) groups is 1. The zero-order valence-corrected chi connectivity index (χ0v) is 12.9. The van der Waals surface area contributed by atoms with Crippen molar-refractivity contribution in [2.75, 3.05) is 18.0 Å². The van der Waals surface area contributed by atoms with Crippen LogP contribution in [0.1, 0.15) is 28.9 Å². The molecule has 0 spiro atoms. The van der Waals surface area contributed by atoms with Crippen LogP contribution in [0, 0.1) is 0 Å². The van der Waals surface area contributed by atoms with Crippen LogP contribution in [-0.4, -0.2) is 29.0 Å². The predicted octanol–water partition coefficient (Wildman–Crippen LogP) is 2.66. The summed E-state index contributed by atoms with van der Waals surface area (Å²) in [6.07, 6.45) is 3.92. The van der Waals surface area contributed by atoms with E-state index in [-0.39, 0.29) is 5.91 Å². The van der Waals surface area contributed by atoms with Gasteiger partial charge in [0.15, 0.2) is 0 Å². The monoisotopic (exact) mass is 316 g/mol. The average molecular weight is 317 g/mol. The van der Waals surface area contributed by atoms with E-state index in [0.717, 1.165) is 31.5 Å². The fraction of sp³-hybridized carbons (Fsp3) is 0.312. The van der Waals surface area contributed by atoms with Crippen molar-refractivity contribution < 1.29 is 4.79 Å². The number of halogens is 1. The summed E-state index contributed by atoms with van der Waals surface area (Å²) in [4.78, 5) is 22.9. The Balaban J connectivity index is 1.67. The lowest BCUT2D eigenvalue weighted by Gasteiger charge is -2.15. The second-order valence-electron chi connectivity index (χ2n) is 5.21. The number of carbonyl (C=O) groups excluding carboxylic acids is 1. The quantitative estimate of drug-likeness (QED) is 0.942. The first kappa shape index (κ1) is 14.8. The van der Waals surface area contributed by atoms with Gasteiger partial charge in [-0.1, -0.05) is 29.8 Å². The Bertz CT molecular complexity index is 671. The van der Waals surface area contributed by atoms with Crippen molar-refractivity contribution in [3.8, 4) is 0 Å². The van der Waals surface area contributed by atoms with Crippen LogP contribution >= 0.6 is 11.6 Å². The molecule has 1 amide bonds. The first-order valence-electron chi connectivity index (χ1n) is 7.33. The Kier molecular flexibility index (Phi) is 4.53. The summed E-state index contributed by atoms with van der Waals surface area (Å²) in [7, 11) is 0. The molecule has 0 saturated carbocycles. The molecule has 1 fully saturated rings. The van der Waals surface area contributed by atoms with Gasteiger partial charge >= 0.3 is 0 Å². The fourth-order valence-electron chi connectivity index (χ4n) is 2.45. The van der Waals surface area contributed by atoms with Gasteiger partial charge in [-0.3, -0.25) is 4.79 Å². The van der Waals surface area contributed by atoms with Crippen LogP contribution in [0.25, 0.3) is 0 Å². The first-order valence-corrected chi connectivity index (χ1v) is 7.71. The van der Waals surface area contributed by atoms with Crippen LogP contribution in [-0.2, 0) is 6.54 Å². The molecule has 0 radical (unpaired) electrons. The Morgan fingerprint density at radius 3 is 2.77 bits per heavy atom. The van der Waals surface area contributed by atoms with Gasteiger partial charge < -0.3 is 10.2 Å². The molecular formula is C16H17ClN4O. The molecule has 1 aliphatic heterocycles. The number of anilines is 1. The molecule has 3 rings (SSSR count). The minimum Gasteiger partial charge on any atom is -0.347 e. The van der Waals surface area contributed by atoms with Crippen LogP contribution in [0.5, 0.6) is 0 Å². The molecule has 1 N–H and O–H groups in total. The Labute approximate surface area is 134 Å². The number of nitrogens with one attached hydrogen (secondary N) is 1. The Morgan fingerprint density at radius 2 is 2.00 bits per heavy atom. The van der Waals surface area contributed by atoms with Crippen LogP contribution in [0.2, 0.25) is 5.02 Å². The van der Waals surface area contributed by atoms with Crippen molar-refractivity contribution in [3.05, 3.63) is 52.8 Å². The summed E-state index contributed by atoms with van der Waals surface area (Å²) in [5.41, 5.74) is 1.26. The van der Waals surface area contributed by atoms with Gasteiger partial charge in [-0.05, 0) is 30.5 Å². The standard InChI is InChI=1S/C16H17ClN4O/c17-13-6-2-1-5-12(13)11-19-15(22)14-7-8-18-16(20-14)21-9-3-4-10-21/h1-2,5-8H,3-4,9-11H2,(H,19,22). The number of aromatic nitrogens is 2. The first-order chi connectivity index (χ1) is 10.7. The molecule has 2 heterocycles. The zero-order chi connectivity index (χ0) is 15.4. The molecule has 0 aliphatic carbocycles. The highest BCUT2D eigenvalue weighted by Crippen LogP contribution is 2.16. The molecule has 0 bridgehead atoms. The zero-order valence-electron chi connectivity index (χ0n) is 12.1. The van der Waals surface area contributed by atoms with Crippen LogP contribution in [0.15, 0.2) is 36.5 Å². The molecule has 0 atom stereocenters. The normalized spacial score (nSPS) is 14.1. The van der Waals surface area contributed by atoms with Gasteiger partial charge in [0.25, 0.3) is 5.91 Å². The summed E-state index contributed by atoms with van der Waals surface area (Å²) in [6.45, 7) is 2.27. The largest absolute Gasteiger partial charge is 0.347 e. The molecule has 5 nitrogen and oxygen atoms in total. The molecule has 114 valence electrons. The highest BCUT2D eigenvalue weighted by molar-refractivity contribution is 6.31. The van der Waals surface area contributed by atoms with Crippen LogP contribution in [0.4, 0.5) is 5.95 Å². The molecule has 1 aliphatic rings. The minimum atomic E-state index is -0.220. The minimum absolute atomic E-state index is 0.220. The van der Waals surface area contributed by atoms with Gasteiger partial charge in [-0.2, -0.15) is 0 Å². The maximum atomic E-state index is 12.2. The van der Waals surface area contributed by atoms with Crippen molar-refractivity contribution in [2.24, 2.45) is 0 Å². The number of amides is 1. The van der Waals surface area contributed by atoms with E-state index >= 15 is 0 Å². The van der Waals surface area contributed by atoms with E-state index in [2.05, 4.69) is 20.2 Å². The van der Waals surface area contributed by atoms with Gasteiger partial charge in [0.05, 0.1) is 0 Å². The smallest absolute Gasteiger partial charge is 0.270 e. The second-order valence-corrected chi connectivity index (χ2v) is 5.62. The van der Waals surface area contributed by atoms with Gasteiger partial charge in [-0.25, -0.2) is 9.97 Å². The predicted molar refractivity (Wildman–Crippen MR) is 86.1 cm³/mol. The summed E-state index contributed by atoms with van der Waals surface area (Å²) in [6, 6.07) is 9.07. The highest BCUT2D eigenvalue weighted by atomic mass is 35.5. The third-order valence-electron chi connectivity index (χ3n) is 3.66. The lowest BCUT2D eigenvalue weighted by atomic mass is 10.2. The topological polar surface area (TPSA) is 58.1 Å². The van der Waals surface area contributed by atoms with Crippen LogP contribution < -0.4 is 10.2 Å². The van der Waals surface area contributed by atoms with Crippen molar-refractivity contribution in [1.29, 1.82) is 0 Å². The van der Waals surface area contributed by atoms with Crippen molar-refractivity contribution >= 4 is 23.5 Å². The van der Waals surface area contributed by atoms with Gasteiger partial charge in [0.2, 0.25) is 5.95 Å². The number of hydrogen-bond donors (Lipinski definition) is 1. The van der Waals surface area contributed by atoms with E-state index in [9.17, 15) is 4.79 Å². The van der Waals surface area contributed by atoms with Gasteiger partial charge in [-0.15, -0.1) is 0 Å². The Morgan fingerprint density at radius 1 is 1.23 bits per heavy atom. The van der Waals surface area contributed by atoms with E-state index < -0.39 is 0 Å². The number of hydrogen-bond acceptors (Lipinski definition) is 4. The summed E-state index contributed by atoms with van der Waals surface area (Å²) in [5, 5.41) is 3.48. The van der Waals surface area contributed by atoms with Gasteiger partial charge in [0, 0.05) is 30.9 Å². The SMILES string of the molecule is O=C(NCc1ccccc1Cl)c1ccnc(N2CCCC2)n1. The van der Waals surface area contributed by atoms with E-state index in [1.807, 2.05) is 18.2 Å². The molecule has 1 aromatic carbocycles. The maximum Gasteiger partial charge on any atom is 0.270 e. The average Bonchev–Trinajstić information content (AvgIpc) is 3.08. The Hall–Kier alpha value is -2.14. The lowest BCUT2D eigenvalue weighted by Crippen LogP contribution is -2.26. The molecular weight excluding hydrogens is 300 g/mol. The molecule has 0 unspecified atom stereocenters. The highest BCUT2D eigenvalue weighted by Gasteiger charge is 2.16. The third-order valence-corrected chi connectivity index (χ3v) is 4.03. The maximum absolute atomic E-state index is 12.2. The number of nitrogens with zero attached hydrogens (tertiary/aromatic N) is 3. The van der Waals surface area contributed by atoms with Crippen molar-refractivity contribution in [1.82, 2.24) is 15.3 Å². The summed E-state index contributed by atoms with van der Waals surface area (Å²) in [5.74, 6) is 0.408. The van der Waals surface area contributed by atoms with Gasteiger partial charge in [0.1, 0.15) is 5.69 Å². The lowest BCUT2D eigenvalue weighted by molar-refractivity contribution is 0.0946. The number of rotatable bonds is 4. The molecule has 6 heteroatoms. The molecule has 2 aromatic rings. The molecule has 1 saturated heterocycles. The fourth-order valence-corrected chi connectivity index (χ4v) is 2.65. The second kappa shape index (κ2) is 6.75. The third kappa shape index (κ3) is 3.36.